The third-order valence-corrected chi connectivity index (χ3v) is 1.33. The Labute approximate surface area is 74.2 Å². The van der Waals surface area contributed by atoms with Gasteiger partial charge in [0.25, 0.3) is 0 Å². The van der Waals surface area contributed by atoms with Gasteiger partial charge in [0, 0.05) is 6.08 Å². The molecule has 2 nitrogen and oxygen atoms in total. The van der Waals surface area contributed by atoms with Crippen molar-refractivity contribution >= 4 is 0 Å². The van der Waals surface area contributed by atoms with E-state index in [1.54, 1.807) is 13.2 Å². The minimum Gasteiger partial charge on any atom is -0.504 e. The highest BCUT2D eigenvalue weighted by Crippen LogP contribution is 2.17. The van der Waals surface area contributed by atoms with E-state index in [-0.39, 0.29) is 5.41 Å². The van der Waals surface area contributed by atoms with E-state index in [0.29, 0.717) is 0 Å². The second-order valence-electron chi connectivity index (χ2n) is 3.60. The largest absolute Gasteiger partial charge is 0.504 e. The molecule has 0 saturated heterocycles. The van der Waals surface area contributed by atoms with Gasteiger partial charge in [-0.2, -0.15) is 0 Å². The van der Waals surface area contributed by atoms with E-state index in [1.807, 2.05) is 20.8 Å². The Morgan fingerprint density at radius 3 is 2.42 bits per heavy atom. The number of allylic oxidation sites excluding steroid dienone is 1. The Morgan fingerprint density at radius 2 is 2.00 bits per heavy atom. The molecule has 0 aromatic carbocycles. The van der Waals surface area contributed by atoms with Crippen LogP contribution in [0.2, 0.25) is 0 Å². The van der Waals surface area contributed by atoms with Crippen LogP contribution in [-0.2, 0) is 4.74 Å². The van der Waals surface area contributed by atoms with Gasteiger partial charge < -0.3 is 9.84 Å². The number of rotatable bonds is 1. The first kappa shape index (κ1) is 11.1. The zero-order valence-corrected chi connectivity index (χ0v) is 8.09. The summed E-state index contributed by atoms with van der Waals surface area (Å²) in [5.74, 6) is 5.38. The van der Waals surface area contributed by atoms with Gasteiger partial charge in [0.1, 0.15) is 6.10 Å². The lowest BCUT2D eigenvalue weighted by atomic mass is 9.90. The standard InChI is InChI=1S/C10H16O2/c1-10(2,3)9(11)7-5-6-8-12-4/h6,8-9,11H,1-4H3/b8-6+. The Hall–Kier alpha value is -0.940. The normalized spacial score (nSPS) is 13.8. The predicted octanol–water partition coefficient (Wildman–Crippen LogP) is 1.56. The Balaban J connectivity index is 4.05. The van der Waals surface area contributed by atoms with Gasteiger partial charge in [0.05, 0.1) is 13.4 Å². The number of hydrogen-bond acceptors (Lipinski definition) is 2. The molecule has 12 heavy (non-hydrogen) atoms. The number of aliphatic hydroxyl groups excluding tert-OH is 1. The highest BCUT2D eigenvalue weighted by molar-refractivity contribution is 5.17. The summed E-state index contributed by atoms with van der Waals surface area (Å²) in [6, 6.07) is 0. The molecule has 0 aromatic rings. The molecule has 0 spiro atoms. The van der Waals surface area contributed by atoms with Gasteiger partial charge in [0.15, 0.2) is 0 Å². The zero-order chi connectivity index (χ0) is 9.61. The summed E-state index contributed by atoms with van der Waals surface area (Å²) >= 11 is 0. The molecule has 0 aliphatic carbocycles. The van der Waals surface area contributed by atoms with Crippen molar-refractivity contribution in [3.05, 3.63) is 12.3 Å². The van der Waals surface area contributed by atoms with Crippen molar-refractivity contribution < 1.29 is 9.84 Å². The Kier molecular flexibility index (Phi) is 4.46. The molecule has 0 aromatic heterocycles. The summed E-state index contributed by atoms with van der Waals surface area (Å²) in [7, 11) is 1.55. The second kappa shape index (κ2) is 4.84. The molecule has 1 N–H and O–H groups in total. The van der Waals surface area contributed by atoms with Crippen LogP contribution in [0.3, 0.4) is 0 Å². The number of hydrogen-bond donors (Lipinski definition) is 1. The van der Waals surface area contributed by atoms with Gasteiger partial charge in [-0.05, 0) is 5.41 Å². The van der Waals surface area contributed by atoms with Crippen molar-refractivity contribution in [3.63, 3.8) is 0 Å². The fraction of sp³-hybridized carbons (Fsp3) is 0.600. The van der Waals surface area contributed by atoms with Gasteiger partial charge in [-0.25, -0.2) is 0 Å². The first-order chi connectivity index (χ1) is 5.48. The van der Waals surface area contributed by atoms with Gasteiger partial charge in [-0.1, -0.05) is 32.6 Å². The van der Waals surface area contributed by atoms with Gasteiger partial charge in [0.2, 0.25) is 0 Å². The van der Waals surface area contributed by atoms with Crippen LogP contribution in [0, 0.1) is 17.3 Å². The molecule has 0 heterocycles. The van der Waals surface area contributed by atoms with Crippen LogP contribution in [0.15, 0.2) is 12.3 Å². The lowest BCUT2D eigenvalue weighted by Gasteiger charge is -2.20. The van der Waals surface area contributed by atoms with Crippen LogP contribution in [0.4, 0.5) is 0 Å². The van der Waals surface area contributed by atoms with Gasteiger partial charge in [-0.15, -0.1) is 0 Å². The molecule has 0 bridgehead atoms. The maximum atomic E-state index is 9.44. The monoisotopic (exact) mass is 168 g/mol. The molecule has 0 amide bonds. The topological polar surface area (TPSA) is 29.5 Å². The maximum absolute atomic E-state index is 9.44. The van der Waals surface area contributed by atoms with Crippen LogP contribution in [0.25, 0.3) is 0 Å². The highest BCUT2D eigenvalue weighted by Gasteiger charge is 2.19. The molecule has 1 atom stereocenters. The summed E-state index contributed by atoms with van der Waals surface area (Å²) < 4.78 is 4.64. The van der Waals surface area contributed by atoms with Crippen molar-refractivity contribution in [1.82, 2.24) is 0 Å². The van der Waals surface area contributed by atoms with Gasteiger partial charge >= 0.3 is 0 Å². The zero-order valence-electron chi connectivity index (χ0n) is 8.09. The first-order valence-corrected chi connectivity index (χ1v) is 3.85. The predicted molar refractivity (Wildman–Crippen MR) is 49.4 cm³/mol. The van der Waals surface area contributed by atoms with E-state index < -0.39 is 6.10 Å². The van der Waals surface area contributed by atoms with Crippen LogP contribution >= 0.6 is 0 Å². The summed E-state index contributed by atoms with van der Waals surface area (Å²) in [5, 5.41) is 9.44. The molecule has 0 rings (SSSR count). The smallest absolute Gasteiger partial charge is 0.119 e. The fourth-order valence-electron chi connectivity index (χ4n) is 0.446. The SMILES string of the molecule is CO/C=C/C#CC(O)C(C)(C)C. The molecule has 2 heteroatoms. The van der Waals surface area contributed by atoms with Crippen LogP contribution in [0.1, 0.15) is 20.8 Å². The quantitative estimate of drug-likeness (QED) is 0.475. The first-order valence-electron chi connectivity index (χ1n) is 3.85. The molecule has 0 radical (unpaired) electrons. The molecule has 0 fully saturated rings. The van der Waals surface area contributed by atoms with Crippen molar-refractivity contribution in [3.8, 4) is 11.8 Å². The van der Waals surface area contributed by atoms with E-state index in [1.165, 1.54) is 6.26 Å². The number of aliphatic hydroxyl groups is 1. The van der Waals surface area contributed by atoms with Crippen molar-refractivity contribution in [1.29, 1.82) is 0 Å². The van der Waals surface area contributed by atoms with Gasteiger partial charge in [-0.3, -0.25) is 0 Å². The molecule has 0 aliphatic rings. The van der Waals surface area contributed by atoms with E-state index >= 15 is 0 Å². The molecule has 0 saturated carbocycles. The number of ether oxygens (including phenoxy) is 1. The lowest BCUT2D eigenvalue weighted by Crippen LogP contribution is -2.23. The number of methoxy groups -OCH3 is 1. The minimum atomic E-state index is -0.598. The summed E-state index contributed by atoms with van der Waals surface area (Å²) in [5.41, 5.74) is -0.187. The molecule has 0 aliphatic heterocycles. The van der Waals surface area contributed by atoms with Crippen molar-refractivity contribution in [2.24, 2.45) is 5.41 Å². The molecular weight excluding hydrogens is 152 g/mol. The van der Waals surface area contributed by atoms with E-state index in [0.717, 1.165) is 0 Å². The maximum Gasteiger partial charge on any atom is 0.119 e. The average molecular weight is 168 g/mol. The van der Waals surface area contributed by atoms with Crippen LogP contribution in [-0.4, -0.2) is 18.3 Å². The van der Waals surface area contributed by atoms with Crippen LogP contribution in [0.5, 0.6) is 0 Å². The van der Waals surface area contributed by atoms with E-state index in [9.17, 15) is 5.11 Å². The summed E-state index contributed by atoms with van der Waals surface area (Å²) in [4.78, 5) is 0. The minimum absolute atomic E-state index is 0.187. The third-order valence-electron chi connectivity index (χ3n) is 1.33. The lowest BCUT2D eigenvalue weighted by molar-refractivity contribution is 0.114. The summed E-state index contributed by atoms with van der Waals surface area (Å²) in [6.07, 6.45) is 2.44. The van der Waals surface area contributed by atoms with Crippen molar-refractivity contribution in [2.45, 2.75) is 26.9 Å². The third kappa shape index (κ3) is 4.81. The summed E-state index contributed by atoms with van der Waals surface area (Å²) in [6.45, 7) is 5.81. The van der Waals surface area contributed by atoms with E-state index in [4.69, 9.17) is 0 Å². The molecule has 68 valence electrons. The Morgan fingerprint density at radius 1 is 1.42 bits per heavy atom. The van der Waals surface area contributed by atoms with Crippen molar-refractivity contribution in [2.75, 3.05) is 7.11 Å². The highest BCUT2D eigenvalue weighted by atomic mass is 16.5. The average Bonchev–Trinajstić information content (AvgIpc) is 1.96. The molecular formula is C10H16O2. The second-order valence-corrected chi connectivity index (χ2v) is 3.60. The Bertz CT molecular complexity index is 200. The van der Waals surface area contributed by atoms with E-state index in [2.05, 4.69) is 16.6 Å². The molecule has 1 unspecified atom stereocenters. The van der Waals surface area contributed by atoms with Crippen LogP contribution < -0.4 is 0 Å². The fourth-order valence-corrected chi connectivity index (χ4v) is 0.446.